The van der Waals surface area contributed by atoms with Crippen LogP contribution in [0.15, 0.2) is 59.5 Å². The van der Waals surface area contributed by atoms with E-state index in [1.165, 1.54) is 31.3 Å². The Labute approximate surface area is 153 Å². The van der Waals surface area contributed by atoms with E-state index < -0.39 is 33.3 Å². The molecule has 0 aliphatic rings. The lowest BCUT2D eigenvalue weighted by Crippen LogP contribution is -2.49. The van der Waals surface area contributed by atoms with Crippen molar-refractivity contribution in [3.05, 3.63) is 60.2 Å². The normalized spacial score (nSPS) is 14.3. The summed E-state index contributed by atoms with van der Waals surface area (Å²) in [5.74, 6) is -1.90. The van der Waals surface area contributed by atoms with Gasteiger partial charge in [0, 0.05) is 12.6 Å². The zero-order valence-corrected chi connectivity index (χ0v) is 15.1. The maximum absolute atomic E-state index is 13.2. The minimum absolute atomic E-state index is 0.00191. The van der Waals surface area contributed by atoms with E-state index >= 15 is 0 Å². The molecule has 0 heterocycles. The molecule has 0 saturated heterocycles. The number of hydrogen-bond donors (Lipinski definition) is 1. The van der Waals surface area contributed by atoms with Crippen molar-refractivity contribution in [1.82, 2.24) is 0 Å². The minimum Gasteiger partial charge on any atom is -0.466 e. The molecule has 2 rings (SSSR count). The van der Waals surface area contributed by atoms with Gasteiger partial charge in [0.25, 0.3) is 15.6 Å². The van der Waals surface area contributed by atoms with Gasteiger partial charge in [0.15, 0.2) is 0 Å². The van der Waals surface area contributed by atoms with Gasteiger partial charge < -0.3 is 9.84 Å². The molecule has 6 nitrogen and oxygen atoms in total. The predicted octanol–water partition coefficient (Wildman–Crippen LogP) is 2.43. The van der Waals surface area contributed by atoms with Gasteiger partial charge in [0.05, 0.1) is 17.7 Å². The van der Waals surface area contributed by atoms with Crippen molar-refractivity contribution in [3.63, 3.8) is 0 Å². The first-order valence-electron chi connectivity index (χ1n) is 7.48. The summed E-state index contributed by atoms with van der Waals surface area (Å²) in [7, 11) is -1.99. The van der Waals surface area contributed by atoms with Crippen LogP contribution in [-0.2, 0) is 25.2 Å². The Kier molecular flexibility index (Phi) is 5.52. The van der Waals surface area contributed by atoms with E-state index in [-0.39, 0.29) is 10.6 Å². The maximum atomic E-state index is 13.2. The van der Waals surface area contributed by atoms with Crippen LogP contribution >= 0.6 is 0 Å². The number of nitrogens with zero attached hydrogens (tertiary/aromatic N) is 1. The van der Waals surface area contributed by atoms with Crippen LogP contribution in [0.1, 0.15) is 5.56 Å². The lowest BCUT2D eigenvalue weighted by Gasteiger charge is -2.28. The molecule has 0 saturated carbocycles. The highest BCUT2D eigenvalue weighted by molar-refractivity contribution is 7.92. The topological polar surface area (TPSA) is 83.9 Å². The second-order valence-corrected chi connectivity index (χ2v) is 7.50. The number of methoxy groups -OCH3 is 1. The predicted molar refractivity (Wildman–Crippen MR) is 90.4 cm³/mol. The third-order valence-corrected chi connectivity index (χ3v) is 5.74. The summed E-state index contributed by atoms with van der Waals surface area (Å²) in [6.45, 7) is 0. The van der Waals surface area contributed by atoms with Crippen molar-refractivity contribution < 1.29 is 36.2 Å². The molecule has 0 fully saturated rings. The van der Waals surface area contributed by atoms with Gasteiger partial charge in [-0.1, -0.05) is 30.3 Å². The molecule has 2 aromatic rings. The van der Waals surface area contributed by atoms with Crippen LogP contribution in [0.5, 0.6) is 0 Å². The molecule has 2 aromatic carbocycles. The van der Waals surface area contributed by atoms with Crippen molar-refractivity contribution >= 4 is 21.7 Å². The maximum Gasteiger partial charge on any atom is 0.432 e. The highest BCUT2D eigenvalue weighted by Gasteiger charge is 2.62. The number of anilines is 1. The minimum atomic E-state index is -5.33. The number of carbonyl (C=O) groups is 1. The van der Waals surface area contributed by atoms with Gasteiger partial charge in [-0.05, 0) is 24.3 Å². The Balaban J connectivity index is 2.43. The molecule has 0 aliphatic carbocycles. The Hall–Kier alpha value is -2.59. The first-order chi connectivity index (χ1) is 12.5. The van der Waals surface area contributed by atoms with Gasteiger partial charge >= 0.3 is 12.1 Å². The monoisotopic (exact) mass is 403 g/mol. The highest BCUT2D eigenvalue weighted by atomic mass is 32.2. The third-order valence-electron chi connectivity index (χ3n) is 3.94. The molecule has 27 heavy (non-hydrogen) atoms. The molecule has 0 bridgehead atoms. The SMILES string of the molecule is COC(=O)[C@@](O)(c1ccc(N(C)S(=O)(=O)c2ccccc2)cc1)C(F)(F)F. The number of aliphatic hydroxyl groups is 1. The third kappa shape index (κ3) is 3.62. The fraction of sp³-hybridized carbons (Fsp3) is 0.235. The zero-order chi connectivity index (χ0) is 20.5. The van der Waals surface area contributed by atoms with Crippen LogP contribution in [0, 0.1) is 0 Å². The van der Waals surface area contributed by atoms with E-state index in [1.807, 2.05) is 0 Å². The van der Waals surface area contributed by atoms with Gasteiger partial charge in [0.1, 0.15) is 0 Å². The smallest absolute Gasteiger partial charge is 0.432 e. The molecule has 1 atom stereocenters. The van der Waals surface area contributed by atoms with Crippen molar-refractivity contribution in [2.45, 2.75) is 16.7 Å². The van der Waals surface area contributed by atoms with Gasteiger partial charge in [-0.25, -0.2) is 13.2 Å². The van der Waals surface area contributed by atoms with Crippen LogP contribution in [0.4, 0.5) is 18.9 Å². The summed E-state index contributed by atoms with van der Waals surface area (Å²) < 4.78 is 69.8. The molecule has 10 heteroatoms. The summed E-state index contributed by atoms with van der Waals surface area (Å²) in [6.07, 6.45) is -5.33. The number of halogens is 3. The molecule has 0 aliphatic heterocycles. The van der Waals surface area contributed by atoms with Crippen LogP contribution in [0.2, 0.25) is 0 Å². The lowest BCUT2D eigenvalue weighted by molar-refractivity contribution is -0.266. The summed E-state index contributed by atoms with van der Waals surface area (Å²) in [5, 5.41) is 9.92. The summed E-state index contributed by atoms with van der Waals surface area (Å²) in [5.41, 5.74) is -4.62. The fourth-order valence-electron chi connectivity index (χ4n) is 2.35. The Morgan fingerprint density at radius 3 is 2.00 bits per heavy atom. The van der Waals surface area contributed by atoms with E-state index in [4.69, 9.17) is 0 Å². The van der Waals surface area contributed by atoms with Crippen molar-refractivity contribution in [1.29, 1.82) is 0 Å². The number of benzene rings is 2. The second kappa shape index (κ2) is 7.20. The highest BCUT2D eigenvalue weighted by Crippen LogP contribution is 2.40. The molecule has 0 amide bonds. The van der Waals surface area contributed by atoms with E-state index in [0.29, 0.717) is 7.11 Å². The van der Waals surface area contributed by atoms with Gasteiger partial charge in [-0.2, -0.15) is 13.2 Å². The van der Waals surface area contributed by atoms with Gasteiger partial charge in [-0.15, -0.1) is 0 Å². The number of rotatable bonds is 5. The number of alkyl halides is 3. The summed E-state index contributed by atoms with van der Waals surface area (Å²) in [6, 6.07) is 11.2. The fourth-order valence-corrected chi connectivity index (χ4v) is 3.56. The molecule has 146 valence electrons. The molecule has 0 spiro atoms. The molecule has 0 radical (unpaired) electrons. The number of sulfonamides is 1. The van der Waals surface area contributed by atoms with Gasteiger partial charge in [-0.3, -0.25) is 4.31 Å². The van der Waals surface area contributed by atoms with Crippen molar-refractivity contribution in [2.24, 2.45) is 0 Å². The van der Waals surface area contributed by atoms with E-state index in [1.54, 1.807) is 6.07 Å². The Bertz CT molecular complexity index is 914. The van der Waals surface area contributed by atoms with E-state index in [2.05, 4.69) is 4.74 Å². The molecule has 0 unspecified atom stereocenters. The van der Waals surface area contributed by atoms with Crippen molar-refractivity contribution in [2.75, 3.05) is 18.5 Å². The van der Waals surface area contributed by atoms with Crippen LogP contribution in [0.3, 0.4) is 0 Å². The van der Waals surface area contributed by atoms with Crippen molar-refractivity contribution in [3.8, 4) is 0 Å². The first-order valence-corrected chi connectivity index (χ1v) is 8.92. The Morgan fingerprint density at radius 2 is 1.56 bits per heavy atom. The van der Waals surface area contributed by atoms with Crippen LogP contribution < -0.4 is 4.31 Å². The zero-order valence-electron chi connectivity index (χ0n) is 14.3. The lowest BCUT2D eigenvalue weighted by atomic mass is 9.93. The molecule has 1 N–H and O–H groups in total. The quantitative estimate of drug-likeness (QED) is 0.776. The Morgan fingerprint density at radius 1 is 1.04 bits per heavy atom. The standard InChI is InChI=1S/C17H16F3NO5S/c1-21(27(24,25)14-6-4-3-5-7-14)13-10-8-12(9-11-13)16(23,15(22)26-2)17(18,19)20/h3-11,23H,1-2H3/t16-/m0/s1. The molecular formula is C17H16F3NO5S. The van der Waals surface area contributed by atoms with Gasteiger partial charge in [0.2, 0.25) is 0 Å². The van der Waals surface area contributed by atoms with E-state index in [0.717, 1.165) is 28.6 Å². The second-order valence-electron chi connectivity index (χ2n) is 5.53. The number of carbonyl (C=O) groups excluding carboxylic acids is 1. The first kappa shape index (κ1) is 20.7. The number of ether oxygens (including phenoxy) is 1. The average molecular weight is 403 g/mol. The largest absolute Gasteiger partial charge is 0.466 e. The number of esters is 1. The molecular weight excluding hydrogens is 387 g/mol. The molecule has 0 aromatic heterocycles. The van der Waals surface area contributed by atoms with E-state index in [9.17, 15) is 31.5 Å². The van der Waals surface area contributed by atoms with Crippen LogP contribution in [-0.4, -0.2) is 39.8 Å². The average Bonchev–Trinajstić information content (AvgIpc) is 2.66. The number of hydrogen-bond acceptors (Lipinski definition) is 5. The summed E-state index contributed by atoms with van der Waals surface area (Å²) >= 11 is 0. The van der Waals surface area contributed by atoms with Crippen LogP contribution in [0.25, 0.3) is 0 Å². The summed E-state index contributed by atoms with van der Waals surface area (Å²) in [4.78, 5) is 11.5.